The van der Waals surface area contributed by atoms with Gasteiger partial charge >= 0.3 is 12.0 Å². The van der Waals surface area contributed by atoms with Crippen LogP contribution in [0.1, 0.15) is 20.3 Å². The van der Waals surface area contributed by atoms with Crippen LogP contribution in [0.15, 0.2) is 12.1 Å². The van der Waals surface area contributed by atoms with E-state index in [1.165, 1.54) is 6.92 Å². The molecule has 0 fully saturated rings. The highest BCUT2D eigenvalue weighted by Gasteiger charge is 2.31. The zero-order valence-electron chi connectivity index (χ0n) is 11.5. The van der Waals surface area contributed by atoms with Gasteiger partial charge in [0.25, 0.3) is 0 Å². The van der Waals surface area contributed by atoms with Crippen LogP contribution in [0, 0.1) is 22.9 Å². The molecule has 0 aliphatic rings. The van der Waals surface area contributed by atoms with Crippen molar-refractivity contribution in [1.82, 2.24) is 5.32 Å². The Kier molecular flexibility index (Phi) is 5.17. The molecule has 0 heterocycles. The zero-order chi connectivity index (χ0) is 16.2. The van der Waals surface area contributed by atoms with Crippen LogP contribution in [-0.2, 0) is 4.79 Å². The van der Waals surface area contributed by atoms with Gasteiger partial charge in [-0.3, -0.25) is 4.79 Å². The quantitative estimate of drug-likeness (QED) is 0.732. The molecule has 8 heteroatoms. The van der Waals surface area contributed by atoms with E-state index in [-0.39, 0.29) is 13.0 Å². The number of carboxylic acids is 1. The average molecular weight is 304 g/mol. The van der Waals surface area contributed by atoms with E-state index in [0.29, 0.717) is 12.1 Å². The summed E-state index contributed by atoms with van der Waals surface area (Å²) in [7, 11) is 0. The first-order valence-electron chi connectivity index (χ1n) is 6.12. The molecule has 0 aliphatic carbocycles. The molecule has 1 aromatic carbocycles. The number of hydrogen-bond acceptors (Lipinski definition) is 2. The van der Waals surface area contributed by atoms with Crippen molar-refractivity contribution in [3.63, 3.8) is 0 Å². The Balaban J connectivity index is 2.73. The molecule has 116 valence electrons. The topological polar surface area (TPSA) is 78.4 Å². The molecule has 5 nitrogen and oxygen atoms in total. The smallest absolute Gasteiger partial charge is 0.319 e. The van der Waals surface area contributed by atoms with Gasteiger partial charge in [-0.2, -0.15) is 0 Å². The molecule has 0 spiro atoms. The second-order valence-electron chi connectivity index (χ2n) is 4.78. The van der Waals surface area contributed by atoms with E-state index < -0.39 is 40.6 Å². The fourth-order valence-electron chi connectivity index (χ4n) is 1.44. The second kappa shape index (κ2) is 6.47. The first-order chi connectivity index (χ1) is 9.69. The van der Waals surface area contributed by atoms with Gasteiger partial charge in [-0.15, -0.1) is 0 Å². The van der Waals surface area contributed by atoms with Crippen LogP contribution >= 0.6 is 0 Å². The van der Waals surface area contributed by atoms with E-state index in [1.807, 2.05) is 5.32 Å². The van der Waals surface area contributed by atoms with Crippen LogP contribution in [0.5, 0.6) is 0 Å². The van der Waals surface area contributed by atoms with Crippen molar-refractivity contribution in [3.05, 3.63) is 29.6 Å². The predicted octanol–water partition coefficient (Wildman–Crippen LogP) is 2.73. The molecule has 1 unspecified atom stereocenters. The molecule has 0 aromatic heterocycles. The molecular weight excluding hydrogens is 289 g/mol. The van der Waals surface area contributed by atoms with Crippen molar-refractivity contribution in [2.24, 2.45) is 5.41 Å². The van der Waals surface area contributed by atoms with Crippen LogP contribution in [-0.4, -0.2) is 23.7 Å². The predicted molar refractivity (Wildman–Crippen MR) is 69.4 cm³/mol. The van der Waals surface area contributed by atoms with Crippen molar-refractivity contribution in [1.29, 1.82) is 0 Å². The summed E-state index contributed by atoms with van der Waals surface area (Å²) in [6, 6.07) is 0.00500. The summed E-state index contributed by atoms with van der Waals surface area (Å²) in [4.78, 5) is 22.6. The van der Waals surface area contributed by atoms with Crippen molar-refractivity contribution >= 4 is 17.7 Å². The van der Waals surface area contributed by atoms with Crippen LogP contribution in [0.2, 0.25) is 0 Å². The number of carbonyl (C=O) groups is 2. The van der Waals surface area contributed by atoms with Crippen molar-refractivity contribution in [3.8, 4) is 0 Å². The molecule has 0 bridgehead atoms. The third-order valence-electron chi connectivity index (χ3n) is 3.18. The van der Waals surface area contributed by atoms with Crippen molar-refractivity contribution in [2.45, 2.75) is 20.3 Å². The third kappa shape index (κ3) is 4.11. The zero-order valence-corrected chi connectivity index (χ0v) is 11.5. The van der Waals surface area contributed by atoms with E-state index >= 15 is 0 Å². The van der Waals surface area contributed by atoms with Crippen LogP contribution in [0.25, 0.3) is 0 Å². The van der Waals surface area contributed by atoms with E-state index in [1.54, 1.807) is 6.92 Å². The maximum atomic E-state index is 13.3. The summed E-state index contributed by atoms with van der Waals surface area (Å²) < 4.78 is 39.2. The average Bonchev–Trinajstić information content (AvgIpc) is 2.41. The fourth-order valence-corrected chi connectivity index (χ4v) is 1.44. The molecule has 21 heavy (non-hydrogen) atoms. The summed E-state index contributed by atoms with van der Waals surface area (Å²) in [5.41, 5.74) is -1.86. The number of hydrogen-bond donors (Lipinski definition) is 3. The Morgan fingerprint density at radius 3 is 2.43 bits per heavy atom. The largest absolute Gasteiger partial charge is 0.481 e. The number of anilines is 1. The number of carbonyl (C=O) groups excluding carboxylic acids is 1. The first kappa shape index (κ1) is 16.8. The van der Waals surface area contributed by atoms with Gasteiger partial charge < -0.3 is 15.7 Å². The molecule has 0 saturated heterocycles. The molecule has 0 aliphatic heterocycles. The number of benzene rings is 1. The lowest BCUT2D eigenvalue weighted by Crippen LogP contribution is -2.42. The van der Waals surface area contributed by atoms with Crippen LogP contribution in [0.4, 0.5) is 23.7 Å². The normalized spacial score (nSPS) is 13.4. The molecule has 1 atom stereocenters. The highest BCUT2D eigenvalue weighted by Crippen LogP contribution is 2.21. The number of nitrogens with one attached hydrogen (secondary N) is 2. The van der Waals surface area contributed by atoms with Gasteiger partial charge in [0, 0.05) is 18.7 Å². The van der Waals surface area contributed by atoms with Crippen LogP contribution < -0.4 is 10.6 Å². The molecule has 3 N–H and O–H groups in total. The molecule has 0 saturated carbocycles. The van der Waals surface area contributed by atoms with E-state index in [2.05, 4.69) is 5.32 Å². The van der Waals surface area contributed by atoms with Gasteiger partial charge in [0.1, 0.15) is 5.82 Å². The number of carboxylic acid groups (broad SMARTS) is 1. The minimum absolute atomic E-state index is 0.218. The van der Waals surface area contributed by atoms with Gasteiger partial charge in [-0.05, 0) is 13.3 Å². The number of rotatable bonds is 5. The highest BCUT2D eigenvalue weighted by atomic mass is 19.2. The molecule has 1 rings (SSSR count). The molecule has 0 radical (unpaired) electrons. The van der Waals surface area contributed by atoms with E-state index in [0.717, 1.165) is 0 Å². The van der Waals surface area contributed by atoms with Gasteiger partial charge in [0.2, 0.25) is 0 Å². The monoisotopic (exact) mass is 304 g/mol. The Labute approximate surface area is 119 Å². The van der Waals surface area contributed by atoms with E-state index in [9.17, 15) is 22.8 Å². The van der Waals surface area contributed by atoms with Crippen LogP contribution in [0.3, 0.4) is 0 Å². The maximum Gasteiger partial charge on any atom is 0.319 e. The summed E-state index contributed by atoms with van der Waals surface area (Å²) in [5.74, 6) is -4.99. The van der Waals surface area contributed by atoms with Crippen molar-refractivity contribution in [2.75, 3.05) is 11.9 Å². The summed E-state index contributed by atoms with van der Waals surface area (Å²) >= 11 is 0. The number of aliphatic carboxylic acids is 1. The second-order valence-corrected chi connectivity index (χ2v) is 4.78. The third-order valence-corrected chi connectivity index (χ3v) is 3.18. The Morgan fingerprint density at radius 1 is 1.29 bits per heavy atom. The minimum Gasteiger partial charge on any atom is -0.481 e. The summed E-state index contributed by atoms with van der Waals surface area (Å²) in [6.07, 6.45) is 0.256. The Bertz CT molecular complexity index is 566. The fraction of sp³-hybridized carbons (Fsp3) is 0.385. The standard InChI is InChI=1S/C13H15F3N2O3/c1-3-13(2,11(19)20)6-17-12(21)18-9-5-7(14)4-8(15)10(9)16/h4-5H,3,6H2,1-2H3,(H,19,20)(H2,17,18,21). The van der Waals surface area contributed by atoms with Gasteiger partial charge in [0.05, 0.1) is 11.1 Å². The Morgan fingerprint density at radius 2 is 1.90 bits per heavy atom. The van der Waals surface area contributed by atoms with Crippen molar-refractivity contribution < 1.29 is 27.9 Å². The molecular formula is C13H15F3N2O3. The maximum absolute atomic E-state index is 13.3. The molecule has 1 aromatic rings. The highest BCUT2D eigenvalue weighted by molar-refractivity contribution is 5.89. The summed E-state index contributed by atoms with van der Waals surface area (Å²) in [6.45, 7) is 2.84. The molecule has 2 amide bonds. The van der Waals surface area contributed by atoms with Gasteiger partial charge in [-0.25, -0.2) is 18.0 Å². The number of halogens is 3. The Hall–Kier alpha value is -2.25. The lowest BCUT2D eigenvalue weighted by molar-refractivity contribution is -0.147. The van der Waals surface area contributed by atoms with Gasteiger partial charge in [0.15, 0.2) is 11.6 Å². The van der Waals surface area contributed by atoms with Gasteiger partial charge in [-0.1, -0.05) is 6.92 Å². The SMILES string of the molecule is CCC(C)(CNC(=O)Nc1cc(F)cc(F)c1F)C(=O)O. The lowest BCUT2D eigenvalue weighted by Gasteiger charge is -2.23. The van der Waals surface area contributed by atoms with E-state index in [4.69, 9.17) is 5.11 Å². The lowest BCUT2D eigenvalue weighted by atomic mass is 9.88. The number of amides is 2. The number of urea groups is 1. The minimum atomic E-state index is -1.44. The summed E-state index contributed by atoms with van der Waals surface area (Å²) in [5, 5.41) is 13.2. The first-order valence-corrected chi connectivity index (χ1v) is 6.12.